The summed E-state index contributed by atoms with van der Waals surface area (Å²) in [5.41, 5.74) is 2.76. The summed E-state index contributed by atoms with van der Waals surface area (Å²) in [6, 6.07) is 9.02. The highest BCUT2D eigenvalue weighted by Gasteiger charge is 2.17. The number of ether oxygens (including phenoxy) is 1. The minimum absolute atomic E-state index is 0.0506. The van der Waals surface area contributed by atoms with E-state index in [1.807, 2.05) is 48.1 Å². The number of aromatic nitrogens is 4. The van der Waals surface area contributed by atoms with Crippen LogP contribution in [0, 0.1) is 6.92 Å². The Morgan fingerprint density at radius 1 is 1.09 bits per heavy atom. The average Bonchev–Trinajstić information content (AvgIpc) is 3.23. The maximum Gasteiger partial charge on any atom is 0.254 e. The van der Waals surface area contributed by atoms with Crippen LogP contribution in [0.15, 0.2) is 48.9 Å². The van der Waals surface area contributed by atoms with Crippen LogP contribution in [0.1, 0.15) is 27.0 Å². The molecule has 0 atom stereocenters. The molecule has 0 unspecified atom stereocenters. The Labute approximate surface area is 190 Å². The molecule has 1 aromatic carbocycles. The number of nitrogens with one attached hydrogen (secondary N) is 3. The van der Waals surface area contributed by atoms with E-state index in [9.17, 15) is 4.79 Å². The van der Waals surface area contributed by atoms with Crippen LogP contribution in [-0.4, -0.2) is 39.7 Å². The van der Waals surface area contributed by atoms with E-state index in [4.69, 9.17) is 8.85 Å². The van der Waals surface area contributed by atoms with Gasteiger partial charge in [0.05, 0.1) is 30.2 Å². The second-order valence-electron chi connectivity index (χ2n) is 7.08. The molecule has 9 heteroatoms. The number of hydrogen-bond acceptors (Lipinski definition) is 7. The molecule has 4 rings (SSSR count). The van der Waals surface area contributed by atoms with E-state index in [1.54, 1.807) is 25.6 Å². The first kappa shape index (κ1) is 17.5. The first-order chi connectivity index (χ1) is 16.7. The molecule has 4 aromatic rings. The molecule has 0 saturated carbocycles. The van der Waals surface area contributed by atoms with Crippen molar-refractivity contribution in [3.8, 4) is 5.75 Å². The molecule has 0 aliphatic heterocycles. The van der Waals surface area contributed by atoms with Crippen molar-refractivity contribution in [1.82, 2.24) is 25.1 Å². The second-order valence-corrected chi connectivity index (χ2v) is 7.08. The number of rotatable bonds is 7. The van der Waals surface area contributed by atoms with Crippen molar-refractivity contribution < 1.29 is 13.6 Å². The number of amides is 1. The zero-order valence-corrected chi connectivity index (χ0v) is 17.9. The summed E-state index contributed by atoms with van der Waals surface area (Å²) < 4.78 is 29.7. The number of hydrogen-bond donors (Lipinski definition) is 3. The van der Waals surface area contributed by atoms with E-state index in [1.165, 1.54) is 6.20 Å². The van der Waals surface area contributed by atoms with Gasteiger partial charge in [-0.15, -0.1) is 0 Å². The Kier molecular flexibility index (Phi) is 4.89. The van der Waals surface area contributed by atoms with Gasteiger partial charge in [0, 0.05) is 41.5 Å². The van der Waals surface area contributed by atoms with Gasteiger partial charge in [0.25, 0.3) is 5.91 Å². The number of carbonyl (C=O) groups is 1. The molecule has 0 aliphatic rings. The summed E-state index contributed by atoms with van der Waals surface area (Å²) >= 11 is 0. The fraction of sp³-hybridized carbons (Fsp3) is 0.217. The highest BCUT2D eigenvalue weighted by molar-refractivity contribution is 6.01. The Hall–Kier alpha value is -4.14. The number of carbonyl (C=O) groups excluding carboxylic acids is 1. The summed E-state index contributed by atoms with van der Waals surface area (Å²) in [5, 5.41) is 13.6. The molecule has 0 spiro atoms. The number of anilines is 4. The van der Waals surface area contributed by atoms with Crippen molar-refractivity contribution in [1.29, 1.82) is 0 Å². The van der Waals surface area contributed by atoms with Crippen LogP contribution in [-0.2, 0) is 6.54 Å². The smallest absolute Gasteiger partial charge is 0.254 e. The summed E-state index contributed by atoms with van der Waals surface area (Å²) in [4.78, 5) is 21.4. The molecular formula is C23H25N7O2. The number of pyridine rings is 2. The lowest BCUT2D eigenvalue weighted by atomic mass is 10.1. The van der Waals surface area contributed by atoms with Gasteiger partial charge in [0.15, 0.2) is 5.75 Å². The number of benzene rings is 1. The monoisotopic (exact) mass is 434 g/mol. The van der Waals surface area contributed by atoms with E-state index in [2.05, 4.69) is 25.7 Å². The first-order valence-electron chi connectivity index (χ1n) is 11.5. The van der Waals surface area contributed by atoms with Crippen LogP contribution in [0.2, 0.25) is 0 Å². The molecule has 3 aromatic heterocycles. The van der Waals surface area contributed by atoms with E-state index < -0.39 is 12.9 Å². The number of fused-ring (bicyclic) bond motifs is 1. The first-order valence-corrected chi connectivity index (χ1v) is 10.00. The van der Waals surface area contributed by atoms with Gasteiger partial charge in [-0.2, -0.15) is 5.10 Å². The fourth-order valence-electron chi connectivity index (χ4n) is 3.38. The van der Waals surface area contributed by atoms with Gasteiger partial charge in [-0.25, -0.2) is 9.97 Å². The van der Waals surface area contributed by atoms with Crippen molar-refractivity contribution in [2.24, 2.45) is 0 Å². The third kappa shape index (κ3) is 4.04. The van der Waals surface area contributed by atoms with Gasteiger partial charge in [-0.1, -0.05) is 6.07 Å². The maximum atomic E-state index is 12.8. The van der Waals surface area contributed by atoms with E-state index in [-0.39, 0.29) is 5.56 Å². The predicted octanol–water partition coefficient (Wildman–Crippen LogP) is 4.01. The lowest BCUT2D eigenvalue weighted by Crippen LogP contribution is -2.19. The number of aryl methyl sites for hydroxylation is 2. The van der Waals surface area contributed by atoms with Gasteiger partial charge in [-0.05, 0) is 37.6 Å². The third-order valence-corrected chi connectivity index (χ3v) is 4.96. The molecule has 9 nitrogen and oxygen atoms in total. The lowest BCUT2D eigenvalue weighted by molar-refractivity contribution is 0.0963. The van der Waals surface area contributed by atoms with E-state index in [0.29, 0.717) is 35.3 Å². The Morgan fingerprint density at radius 2 is 1.94 bits per heavy atom. The van der Waals surface area contributed by atoms with Gasteiger partial charge >= 0.3 is 0 Å². The highest BCUT2D eigenvalue weighted by Crippen LogP contribution is 2.36. The van der Waals surface area contributed by atoms with Crippen LogP contribution < -0.4 is 20.7 Å². The fourth-order valence-corrected chi connectivity index (χ4v) is 3.38. The average molecular weight is 435 g/mol. The van der Waals surface area contributed by atoms with Gasteiger partial charge < -0.3 is 20.7 Å². The molecule has 3 heterocycles. The number of nitrogens with zero attached hydrogens (tertiary/aromatic N) is 4. The Bertz CT molecular complexity index is 1370. The van der Waals surface area contributed by atoms with Gasteiger partial charge in [0.1, 0.15) is 17.2 Å². The molecule has 3 N–H and O–H groups in total. The molecule has 0 aliphatic carbocycles. The molecule has 32 heavy (non-hydrogen) atoms. The van der Waals surface area contributed by atoms with Crippen molar-refractivity contribution in [2.75, 3.05) is 24.7 Å². The van der Waals surface area contributed by atoms with Crippen LogP contribution in [0.5, 0.6) is 5.75 Å². The molecule has 164 valence electrons. The summed E-state index contributed by atoms with van der Waals surface area (Å²) in [6.45, 7) is 1.90. The Balaban J connectivity index is 1.77. The van der Waals surface area contributed by atoms with Crippen molar-refractivity contribution in [3.63, 3.8) is 0 Å². The quantitative estimate of drug-likeness (QED) is 0.403. The van der Waals surface area contributed by atoms with Crippen LogP contribution in [0.4, 0.5) is 23.0 Å². The maximum absolute atomic E-state index is 12.8. The Morgan fingerprint density at radius 3 is 2.66 bits per heavy atom. The normalized spacial score (nSPS) is 12.5. The zero-order chi connectivity index (χ0) is 25.2. The van der Waals surface area contributed by atoms with Gasteiger partial charge in [-0.3, -0.25) is 9.48 Å². The van der Waals surface area contributed by atoms with Crippen LogP contribution in [0.25, 0.3) is 10.9 Å². The standard InChI is InChI=1S/C23H25N7O2/c1-5-30-21-15(12-27-30)7-8-17(22(21)32-4)28-18-10-20(26-13-16(18)23(31)24-3)29-19-9-6-14(2)11-25-19/h6-13H,5H2,1-4H3,(H,24,31)(H2,25,26,28,29)/i3D3. The topological polar surface area (TPSA) is 106 Å². The molecule has 0 radical (unpaired) electrons. The van der Waals surface area contributed by atoms with Crippen molar-refractivity contribution >= 4 is 39.8 Å². The minimum Gasteiger partial charge on any atom is -0.492 e. The second kappa shape index (κ2) is 8.93. The third-order valence-electron chi connectivity index (χ3n) is 4.96. The van der Waals surface area contributed by atoms with Gasteiger partial charge in [0.2, 0.25) is 0 Å². The lowest BCUT2D eigenvalue weighted by Gasteiger charge is -2.16. The van der Waals surface area contributed by atoms with Crippen molar-refractivity contribution in [2.45, 2.75) is 20.4 Å². The molecular weight excluding hydrogens is 406 g/mol. The van der Waals surface area contributed by atoms with Crippen LogP contribution in [0.3, 0.4) is 0 Å². The molecule has 0 fully saturated rings. The van der Waals surface area contributed by atoms with Crippen molar-refractivity contribution in [3.05, 3.63) is 60.0 Å². The molecule has 0 bridgehead atoms. The summed E-state index contributed by atoms with van der Waals surface area (Å²) in [6.07, 6.45) is 4.78. The molecule has 1 amide bonds. The zero-order valence-electron chi connectivity index (χ0n) is 20.9. The summed E-state index contributed by atoms with van der Waals surface area (Å²) in [5.74, 6) is 0.724. The highest BCUT2D eigenvalue weighted by atomic mass is 16.5. The van der Waals surface area contributed by atoms with Crippen LogP contribution >= 0.6 is 0 Å². The number of methoxy groups -OCH3 is 1. The predicted molar refractivity (Wildman–Crippen MR) is 125 cm³/mol. The largest absolute Gasteiger partial charge is 0.492 e. The van der Waals surface area contributed by atoms with E-state index in [0.717, 1.165) is 16.5 Å². The van der Waals surface area contributed by atoms with E-state index >= 15 is 0 Å². The SMILES string of the molecule is [2H]C([2H])([2H])NC(=O)c1cnc(Nc2ccc(C)cn2)cc1Nc1ccc2cnn(CC)c2c1OC. The minimum atomic E-state index is -2.65. The molecule has 0 saturated heterocycles. The summed E-state index contributed by atoms with van der Waals surface area (Å²) in [7, 11) is 1.55.